The van der Waals surface area contributed by atoms with E-state index in [0.717, 1.165) is 84.8 Å². The van der Waals surface area contributed by atoms with Crippen LogP contribution in [0.4, 0.5) is 5.69 Å². The number of aromatic nitrogens is 2. The molecule has 324 valence electrons. The summed E-state index contributed by atoms with van der Waals surface area (Å²) in [6.07, 6.45) is 8.61. The predicted octanol–water partition coefficient (Wildman–Crippen LogP) is 4.63. The maximum Gasteiger partial charge on any atom is 0.329 e. The molecule has 0 spiro atoms. The lowest BCUT2D eigenvalue weighted by atomic mass is 10.0. The molecule has 4 heterocycles. The number of anilines is 1. The van der Waals surface area contributed by atoms with E-state index in [9.17, 15) is 28.8 Å². The Hall–Kier alpha value is -5.60. The van der Waals surface area contributed by atoms with Crippen molar-refractivity contribution in [3.63, 3.8) is 0 Å². The number of imidazole rings is 1. The highest BCUT2D eigenvalue weighted by atomic mass is 16.5. The minimum atomic E-state index is -0.687. The van der Waals surface area contributed by atoms with E-state index in [1.54, 1.807) is 16.5 Å². The van der Waals surface area contributed by atoms with E-state index in [1.165, 1.54) is 10.1 Å². The number of nitrogens with one attached hydrogen (secondary N) is 2. The molecular weight excluding hydrogens is 777 g/mol. The van der Waals surface area contributed by atoms with Gasteiger partial charge < -0.3 is 20.5 Å². The van der Waals surface area contributed by atoms with E-state index >= 15 is 0 Å². The van der Waals surface area contributed by atoms with E-state index in [2.05, 4.69) is 22.8 Å². The summed E-state index contributed by atoms with van der Waals surface area (Å²) in [5, 5.41) is 5.46. The van der Waals surface area contributed by atoms with E-state index in [4.69, 9.17) is 15.2 Å². The van der Waals surface area contributed by atoms with Gasteiger partial charge >= 0.3 is 5.69 Å². The van der Waals surface area contributed by atoms with Gasteiger partial charge in [0.25, 0.3) is 0 Å². The number of carbonyl (C=O) groups excluding carboxylic acids is 5. The Bertz CT molecular complexity index is 2320. The molecule has 1 saturated heterocycles. The van der Waals surface area contributed by atoms with Crippen molar-refractivity contribution in [2.75, 3.05) is 18.1 Å². The molecule has 4 atom stereocenters. The van der Waals surface area contributed by atoms with Crippen LogP contribution in [-0.4, -0.2) is 70.1 Å². The highest BCUT2D eigenvalue weighted by Gasteiger charge is 2.41. The number of fused-ring (bicyclic) bond motifs is 1. The summed E-state index contributed by atoms with van der Waals surface area (Å²) in [5.74, 6) is -1.47. The first-order valence-electron chi connectivity index (χ1n) is 21.8. The summed E-state index contributed by atoms with van der Waals surface area (Å²) >= 11 is 0. The third-order valence-corrected chi connectivity index (χ3v) is 12.4. The van der Waals surface area contributed by atoms with Crippen LogP contribution in [0, 0.1) is 0 Å². The molecule has 1 fully saturated rings. The molecule has 0 saturated carbocycles. The summed E-state index contributed by atoms with van der Waals surface area (Å²) in [5.41, 5.74) is 13.0. The molecule has 4 aromatic rings. The highest BCUT2D eigenvalue weighted by molar-refractivity contribution is 6.04. The first-order chi connectivity index (χ1) is 29.5. The number of benzene rings is 3. The van der Waals surface area contributed by atoms with Crippen molar-refractivity contribution < 1.29 is 33.4 Å². The van der Waals surface area contributed by atoms with Crippen LogP contribution < -0.4 is 27.0 Å². The second-order valence-corrected chi connectivity index (χ2v) is 16.7. The van der Waals surface area contributed by atoms with Gasteiger partial charge in [-0.25, -0.2) is 4.79 Å². The fourth-order valence-corrected chi connectivity index (χ4v) is 8.97. The number of aryl methyl sites for hydroxylation is 4. The summed E-state index contributed by atoms with van der Waals surface area (Å²) in [7, 11) is 1.71. The van der Waals surface area contributed by atoms with Crippen LogP contribution in [0.25, 0.3) is 11.0 Å². The Morgan fingerprint density at radius 3 is 2.39 bits per heavy atom. The van der Waals surface area contributed by atoms with Crippen molar-refractivity contribution in [3.05, 3.63) is 99.0 Å². The fourth-order valence-electron chi connectivity index (χ4n) is 8.97. The summed E-state index contributed by atoms with van der Waals surface area (Å²) in [6.45, 7) is 3.60. The molecule has 3 aromatic carbocycles. The van der Waals surface area contributed by atoms with Gasteiger partial charge in [-0.2, -0.15) is 0 Å². The number of rotatable bonds is 20. The number of para-hydroxylation sites is 1. The van der Waals surface area contributed by atoms with E-state index < -0.39 is 36.0 Å². The zero-order valence-electron chi connectivity index (χ0n) is 35.3. The van der Waals surface area contributed by atoms with Gasteiger partial charge in [0.2, 0.25) is 29.5 Å². The maximum atomic E-state index is 13.8. The number of hydrogen-bond donors (Lipinski definition) is 3. The molecule has 4 N–H and O–H groups in total. The number of amides is 5. The van der Waals surface area contributed by atoms with Crippen LogP contribution in [0.5, 0.6) is 0 Å². The van der Waals surface area contributed by atoms with Gasteiger partial charge in [-0.3, -0.25) is 43.3 Å². The topological polar surface area (TPSA) is 184 Å². The van der Waals surface area contributed by atoms with Crippen molar-refractivity contribution in [2.24, 2.45) is 12.8 Å². The number of carbonyl (C=O) groups is 5. The minimum Gasteiger partial charge on any atom is -0.381 e. The number of nitrogens with zero attached hydrogens (tertiary/aromatic N) is 3. The molecule has 0 bridgehead atoms. The predicted molar refractivity (Wildman–Crippen MR) is 231 cm³/mol. The lowest BCUT2D eigenvalue weighted by molar-refractivity contribution is -0.135. The van der Waals surface area contributed by atoms with Crippen molar-refractivity contribution in [2.45, 2.75) is 128 Å². The van der Waals surface area contributed by atoms with Gasteiger partial charge in [-0.05, 0) is 105 Å². The second-order valence-electron chi connectivity index (χ2n) is 16.7. The molecule has 1 aromatic heterocycles. The number of imide groups is 1. The smallest absolute Gasteiger partial charge is 0.329 e. The molecule has 3 aliphatic rings. The van der Waals surface area contributed by atoms with Gasteiger partial charge in [-0.15, -0.1) is 0 Å². The Kier molecular flexibility index (Phi) is 14.2. The minimum absolute atomic E-state index is 0.0342. The lowest BCUT2D eigenvalue weighted by Gasteiger charge is -2.29. The van der Waals surface area contributed by atoms with Crippen molar-refractivity contribution in [1.29, 1.82) is 0 Å². The molecule has 3 aliphatic heterocycles. The molecule has 61 heavy (non-hydrogen) atoms. The number of hydrogen-bond acceptors (Lipinski definition) is 8. The van der Waals surface area contributed by atoms with Gasteiger partial charge in [0.1, 0.15) is 12.1 Å². The maximum absolute atomic E-state index is 13.8. The van der Waals surface area contributed by atoms with Crippen LogP contribution in [0.2, 0.25) is 0 Å². The summed E-state index contributed by atoms with van der Waals surface area (Å²) in [6, 6.07) is 18.4. The van der Waals surface area contributed by atoms with Crippen molar-refractivity contribution >= 4 is 46.3 Å². The molecule has 0 radical (unpaired) electrons. The standard InChI is InChI=1S/C47H58N6O8/c1-30(36(20-23-41(48)54)49-46(58)40-28-35-13-6-11-34-12-7-14-43(56)53(40)44(34)35)61-29-33-17-15-31(16-18-33)10-8-26-60-25-5-3-4-9-32-19-21-37-39(27-32)51(2)47(59)52(37)38-22-24-42(55)50-45(38)57/h6,11,13,15-19,21,27,30,36,38,40H,3-5,7-10,12,14,20,22-26,28-29H2,1-2H3,(H2,48,54)(H,49,58)(H,50,55,57)/t30-,36?,38?,40+/m1/s1. The lowest BCUT2D eigenvalue weighted by Crippen LogP contribution is -2.53. The van der Waals surface area contributed by atoms with Gasteiger partial charge in [0.05, 0.1) is 35.5 Å². The average Bonchev–Trinajstić information content (AvgIpc) is 3.69. The van der Waals surface area contributed by atoms with Gasteiger partial charge in [0.15, 0.2) is 0 Å². The Labute approximate surface area is 356 Å². The fraction of sp³-hybridized carbons (Fsp3) is 0.489. The number of unbranched alkanes of at least 4 members (excludes halogenated alkanes) is 2. The van der Waals surface area contributed by atoms with E-state index in [0.29, 0.717) is 51.0 Å². The van der Waals surface area contributed by atoms with Gasteiger partial charge in [0, 0.05) is 45.9 Å². The van der Waals surface area contributed by atoms with Crippen LogP contribution in [0.1, 0.15) is 105 Å². The van der Waals surface area contributed by atoms with E-state index in [1.807, 2.05) is 55.5 Å². The zero-order valence-corrected chi connectivity index (χ0v) is 35.3. The van der Waals surface area contributed by atoms with Crippen LogP contribution in [0.3, 0.4) is 0 Å². The third-order valence-electron chi connectivity index (χ3n) is 12.4. The number of primary amides is 1. The molecular formula is C47H58N6O8. The Morgan fingerprint density at radius 2 is 1.61 bits per heavy atom. The third kappa shape index (κ3) is 10.3. The van der Waals surface area contributed by atoms with Gasteiger partial charge in [-0.1, -0.05) is 55.0 Å². The van der Waals surface area contributed by atoms with E-state index in [-0.39, 0.29) is 36.3 Å². The number of nitrogens with two attached hydrogens (primary N) is 1. The highest BCUT2D eigenvalue weighted by Crippen LogP contribution is 2.39. The molecule has 14 heteroatoms. The quantitative estimate of drug-likeness (QED) is 0.0851. The van der Waals surface area contributed by atoms with Crippen molar-refractivity contribution in [3.8, 4) is 0 Å². The second kappa shape index (κ2) is 19.9. The first kappa shape index (κ1) is 43.5. The largest absolute Gasteiger partial charge is 0.381 e. The molecule has 14 nitrogen and oxygen atoms in total. The molecule has 7 rings (SSSR count). The Morgan fingerprint density at radius 1 is 0.869 bits per heavy atom. The zero-order chi connectivity index (χ0) is 43.0. The normalized spacial score (nSPS) is 18.5. The monoisotopic (exact) mass is 834 g/mol. The van der Waals surface area contributed by atoms with Crippen LogP contribution in [0.15, 0.2) is 65.5 Å². The summed E-state index contributed by atoms with van der Waals surface area (Å²) in [4.78, 5) is 77.5. The first-order valence-corrected chi connectivity index (χ1v) is 21.8. The molecule has 5 amide bonds. The van der Waals surface area contributed by atoms with Crippen LogP contribution >= 0.6 is 0 Å². The summed E-state index contributed by atoms with van der Waals surface area (Å²) < 4.78 is 15.3. The molecule has 0 aliphatic carbocycles. The SMILES string of the molecule is C[C@@H](OCc1ccc(CCCOCCCCCc2ccc3c(c2)n(C)c(=O)n3C2CCC(=O)NC2=O)cc1)C(CCC(N)=O)NC(=O)[C@@H]1Cc2cccc3c2N1C(=O)CCC3. The van der Waals surface area contributed by atoms with Crippen LogP contribution in [-0.2, 0) is 72.8 Å². The Balaban J connectivity index is 0.800. The number of piperidine rings is 1. The average molecular weight is 835 g/mol. The number of ether oxygens (including phenoxy) is 2. The molecule has 2 unspecified atom stereocenters. The van der Waals surface area contributed by atoms with Crippen molar-refractivity contribution in [1.82, 2.24) is 19.8 Å².